The van der Waals surface area contributed by atoms with Crippen molar-refractivity contribution in [3.63, 3.8) is 0 Å². The first-order valence-electron chi connectivity index (χ1n) is 5.05. The topological polar surface area (TPSA) is 41.1 Å². The van der Waals surface area contributed by atoms with E-state index in [1.807, 2.05) is 0 Å². The molecule has 0 aliphatic rings. The molecule has 0 heterocycles. The minimum absolute atomic E-state index is 0. The largest absolute Gasteiger partial charge is 0.323 e. The number of carbonyl (C=O) groups excluding carboxylic acids is 1. The lowest BCUT2D eigenvalue weighted by Gasteiger charge is -2.08. The van der Waals surface area contributed by atoms with E-state index in [0.717, 1.165) is 12.2 Å². The molecule has 98 valence electrons. The normalized spacial score (nSPS) is 11.2. The number of benzene rings is 1. The van der Waals surface area contributed by atoms with Gasteiger partial charge in [0.25, 0.3) is 0 Å². The Morgan fingerprint density at radius 1 is 1.22 bits per heavy atom. The van der Waals surface area contributed by atoms with E-state index < -0.39 is 17.7 Å². The van der Waals surface area contributed by atoms with Crippen LogP contribution in [0.15, 0.2) is 61.1 Å². The molecule has 0 aliphatic carbocycles. The van der Waals surface area contributed by atoms with E-state index in [2.05, 4.69) is 23.8 Å². The molecule has 1 rings (SSSR count). The lowest BCUT2D eigenvalue weighted by molar-refractivity contribution is 0.254. The second kappa shape index (κ2) is 6.34. The molecule has 3 nitrogen and oxygen atoms in total. The number of rotatable bonds is 4. The molecule has 1 aromatic rings. The second-order valence-corrected chi connectivity index (χ2v) is 3.26. The number of hydrogen-bond donors (Lipinski definition) is 2. The number of halogens is 2. The SMILES string of the molecule is C=C/C(F)=C(\C=C)NC(=O)Nc1ccc(F)cc1.[HH].[HH]. The second-order valence-electron chi connectivity index (χ2n) is 3.26. The number of nitrogens with one attached hydrogen (secondary N) is 2. The molecular formula is C13H16F2N2O. The van der Waals surface area contributed by atoms with E-state index in [9.17, 15) is 13.6 Å². The Hall–Kier alpha value is -2.43. The molecule has 0 atom stereocenters. The van der Waals surface area contributed by atoms with Crippen LogP contribution in [0, 0.1) is 5.82 Å². The number of allylic oxidation sites excluding steroid dienone is 3. The average molecular weight is 254 g/mol. The van der Waals surface area contributed by atoms with E-state index in [-0.39, 0.29) is 8.55 Å². The van der Waals surface area contributed by atoms with Gasteiger partial charge in [0.05, 0.1) is 5.70 Å². The van der Waals surface area contributed by atoms with Crippen LogP contribution in [-0.4, -0.2) is 6.03 Å². The summed E-state index contributed by atoms with van der Waals surface area (Å²) < 4.78 is 25.8. The number of hydrogen-bond acceptors (Lipinski definition) is 1. The molecule has 0 fully saturated rings. The first-order valence-corrected chi connectivity index (χ1v) is 5.05. The maximum Gasteiger partial charge on any atom is 0.323 e. The van der Waals surface area contributed by atoms with Crippen LogP contribution in [0.1, 0.15) is 2.85 Å². The lowest BCUT2D eigenvalue weighted by Crippen LogP contribution is -2.27. The van der Waals surface area contributed by atoms with Crippen LogP contribution in [0.25, 0.3) is 0 Å². The number of anilines is 1. The van der Waals surface area contributed by atoms with Gasteiger partial charge in [-0.2, -0.15) is 0 Å². The summed E-state index contributed by atoms with van der Waals surface area (Å²) in [5, 5.41) is 4.67. The van der Waals surface area contributed by atoms with Crippen molar-refractivity contribution in [1.29, 1.82) is 0 Å². The van der Waals surface area contributed by atoms with E-state index in [1.54, 1.807) is 0 Å². The Balaban J connectivity index is 0. The van der Waals surface area contributed by atoms with Crippen LogP contribution in [0.2, 0.25) is 0 Å². The van der Waals surface area contributed by atoms with Gasteiger partial charge in [-0.05, 0) is 36.4 Å². The summed E-state index contributed by atoms with van der Waals surface area (Å²) in [4.78, 5) is 11.5. The fourth-order valence-corrected chi connectivity index (χ4v) is 1.14. The summed E-state index contributed by atoms with van der Waals surface area (Å²) in [6.07, 6.45) is 2.11. The first-order chi connectivity index (χ1) is 8.56. The fraction of sp³-hybridized carbons (Fsp3) is 0. The predicted molar refractivity (Wildman–Crippen MR) is 71.3 cm³/mol. The van der Waals surface area contributed by atoms with E-state index >= 15 is 0 Å². The molecule has 1 aromatic carbocycles. The van der Waals surface area contributed by atoms with Gasteiger partial charge >= 0.3 is 6.03 Å². The Morgan fingerprint density at radius 3 is 2.33 bits per heavy atom. The highest BCUT2D eigenvalue weighted by Crippen LogP contribution is 2.09. The van der Waals surface area contributed by atoms with Gasteiger partial charge in [-0.3, -0.25) is 0 Å². The van der Waals surface area contributed by atoms with Gasteiger partial charge in [-0.15, -0.1) is 0 Å². The van der Waals surface area contributed by atoms with Gasteiger partial charge < -0.3 is 10.6 Å². The van der Waals surface area contributed by atoms with E-state index in [4.69, 9.17) is 0 Å². The van der Waals surface area contributed by atoms with Gasteiger partial charge in [0.2, 0.25) is 0 Å². The van der Waals surface area contributed by atoms with Crippen molar-refractivity contribution in [1.82, 2.24) is 5.32 Å². The summed E-state index contributed by atoms with van der Waals surface area (Å²) in [6, 6.07) is 4.51. The highest BCUT2D eigenvalue weighted by Gasteiger charge is 2.06. The van der Waals surface area contributed by atoms with Gasteiger partial charge in [-0.1, -0.05) is 13.2 Å². The zero-order chi connectivity index (χ0) is 13.5. The van der Waals surface area contributed by atoms with Crippen LogP contribution in [0.5, 0.6) is 0 Å². The van der Waals surface area contributed by atoms with Crippen LogP contribution < -0.4 is 10.6 Å². The standard InChI is InChI=1S/C13H12F2N2O.2H2/c1-3-11(15)12(4-2)17-13(18)16-10-7-5-9(14)6-8-10;;/h3-8H,1-2H2,(H2,16,17,18);2*1H/b12-11-;;. The van der Waals surface area contributed by atoms with Gasteiger partial charge in [0.1, 0.15) is 11.6 Å². The molecule has 2 amide bonds. The molecule has 0 saturated carbocycles. The molecule has 0 unspecified atom stereocenters. The van der Waals surface area contributed by atoms with Crippen LogP contribution in [0.3, 0.4) is 0 Å². The summed E-state index contributed by atoms with van der Waals surface area (Å²) >= 11 is 0. The summed E-state index contributed by atoms with van der Waals surface area (Å²) in [7, 11) is 0. The van der Waals surface area contributed by atoms with Crippen molar-refractivity contribution in [3.05, 3.63) is 66.9 Å². The zero-order valence-electron chi connectivity index (χ0n) is 9.54. The quantitative estimate of drug-likeness (QED) is 0.783. The third-order valence-corrected chi connectivity index (χ3v) is 1.99. The summed E-state index contributed by atoms with van der Waals surface area (Å²) in [5.74, 6) is -1.11. The van der Waals surface area contributed by atoms with Gasteiger partial charge in [-0.25, -0.2) is 13.6 Å². The molecule has 0 bridgehead atoms. The van der Waals surface area contributed by atoms with Crippen LogP contribution >= 0.6 is 0 Å². The molecule has 0 radical (unpaired) electrons. The minimum Gasteiger partial charge on any atom is -0.308 e. The molecule has 5 heteroatoms. The summed E-state index contributed by atoms with van der Waals surface area (Å²) in [5.41, 5.74) is 0.293. The fourth-order valence-electron chi connectivity index (χ4n) is 1.14. The molecule has 2 N–H and O–H groups in total. The number of urea groups is 1. The molecular weight excluding hydrogens is 238 g/mol. The van der Waals surface area contributed by atoms with Crippen molar-refractivity contribution in [2.75, 3.05) is 5.32 Å². The molecule has 0 aliphatic heterocycles. The van der Waals surface area contributed by atoms with Crippen molar-refractivity contribution in [2.24, 2.45) is 0 Å². The Bertz CT molecular complexity index is 502. The van der Waals surface area contributed by atoms with Crippen molar-refractivity contribution < 1.29 is 16.4 Å². The smallest absolute Gasteiger partial charge is 0.308 e. The van der Waals surface area contributed by atoms with Gasteiger partial charge in [0, 0.05) is 8.54 Å². The van der Waals surface area contributed by atoms with Crippen LogP contribution in [0.4, 0.5) is 19.3 Å². The number of carbonyl (C=O) groups is 1. The van der Waals surface area contributed by atoms with Crippen molar-refractivity contribution in [2.45, 2.75) is 0 Å². The van der Waals surface area contributed by atoms with Gasteiger partial charge in [0.15, 0.2) is 0 Å². The zero-order valence-corrected chi connectivity index (χ0v) is 9.54. The Labute approximate surface area is 106 Å². The third kappa shape index (κ3) is 3.86. The molecule has 0 saturated heterocycles. The molecule has 18 heavy (non-hydrogen) atoms. The Kier molecular flexibility index (Phi) is 4.80. The van der Waals surface area contributed by atoms with Crippen molar-refractivity contribution in [3.8, 4) is 0 Å². The number of amides is 2. The van der Waals surface area contributed by atoms with E-state index in [1.165, 1.54) is 24.3 Å². The maximum absolute atomic E-state index is 13.1. The average Bonchev–Trinajstić information content (AvgIpc) is 2.37. The Morgan fingerprint density at radius 2 is 1.83 bits per heavy atom. The van der Waals surface area contributed by atoms with Crippen molar-refractivity contribution >= 4 is 11.7 Å². The monoisotopic (exact) mass is 254 g/mol. The third-order valence-electron chi connectivity index (χ3n) is 1.99. The van der Waals surface area contributed by atoms with E-state index in [0.29, 0.717) is 5.69 Å². The summed E-state index contributed by atoms with van der Waals surface area (Å²) in [6.45, 7) is 6.60. The minimum atomic E-state index is -0.695. The van der Waals surface area contributed by atoms with Crippen LogP contribution in [-0.2, 0) is 0 Å². The maximum atomic E-state index is 13.1. The predicted octanol–water partition coefficient (Wildman–Crippen LogP) is 3.99. The lowest BCUT2D eigenvalue weighted by atomic mass is 10.3. The molecule has 0 aromatic heterocycles. The first kappa shape index (κ1) is 13.6. The highest BCUT2D eigenvalue weighted by atomic mass is 19.1. The molecule has 0 spiro atoms. The highest BCUT2D eigenvalue weighted by molar-refractivity contribution is 5.90.